The minimum absolute atomic E-state index is 0.268. The van der Waals surface area contributed by atoms with Gasteiger partial charge in [0.25, 0.3) is 0 Å². The van der Waals surface area contributed by atoms with E-state index >= 15 is 0 Å². The van der Waals surface area contributed by atoms with Gasteiger partial charge in [-0.1, -0.05) is 18.2 Å². The number of rotatable bonds is 5. The Morgan fingerprint density at radius 1 is 0.923 bits per heavy atom. The van der Waals surface area contributed by atoms with E-state index in [9.17, 15) is 4.79 Å². The molecule has 3 aromatic rings. The van der Waals surface area contributed by atoms with Crippen LogP contribution in [0.25, 0.3) is 11.1 Å². The Balaban J connectivity index is 1.56. The van der Waals surface area contributed by atoms with Crippen LogP contribution >= 0.6 is 0 Å². The molecule has 0 aliphatic carbocycles. The quantitative estimate of drug-likeness (QED) is 0.663. The van der Waals surface area contributed by atoms with Crippen molar-refractivity contribution >= 4 is 17.1 Å². The molecule has 128 valence electrons. The van der Waals surface area contributed by atoms with Gasteiger partial charge in [-0.05, 0) is 47.5 Å². The SMILES string of the molecule is O=C1OCC(c2ccc(OCc3ccccn3)cc2)=C1c1ccncc1. The Bertz CT molecular complexity index is 936. The molecule has 26 heavy (non-hydrogen) atoms. The predicted molar refractivity (Wildman–Crippen MR) is 97.0 cm³/mol. The molecule has 4 rings (SSSR count). The summed E-state index contributed by atoms with van der Waals surface area (Å²) in [4.78, 5) is 20.4. The number of hydrogen-bond donors (Lipinski definition) is 0. The van der Waals surface area contributed by atoms with Gasteiger partial charge in [-0.2, -0.15) is 0 Å². The minimum Gasteiger partial charge on any atom is -0.487 e. The van der Waals surface area contributed by atoms with E-state index in [1.807, 2.05) is 54.6 Å². The molecule has 1 aliphatic rings. The molecule has 2 aromatic heterocycles. The normalized spacial score (nSPS) is 13.6. The molecular formula is C21H16N2O3. The molecule has 0 unspecified atom stereocenters. The lowest BCUT2D eigenvalue weighted by Crippen LogP contribution is -1.98. The Morgan fingerprint density at radius 2 is 1.73 bits per heavy atom. The number of carbonyl (C=O) groups is 1. The van der Waals surface area contributed by atoms with Crippen LogP contribution in [0.5, 0.6) is 5.75 Å². The minimum atomic E-state index is -0.304. The molecule has 0 N–H and O–H groups in total. The summed E-state index contributed by atoms with van der Waals surface area (Å²) >= 11 is 0. The third-order valence-electron chi connectivity index (χ3n) is 4.14. The molecule has 3 heterocycles. The topological polar surface area (TPSA) is 61.3 Å². The van der Waals surface area contributed by atoms with Crippen LogP contribution in [0, 0.1) is 0 Å². The summed E-state index contributed by atoms with van der Waals surface area (Å²) in [6.07, 6.45) is 5.08. The van der Waals surface area contributed by atoms with Gasteiger partial charge in [-0.25, -0.2) is 4.79 Å². The molecule has 5 nitrogen and oxygen atoms in total. The van der Waals surface area contributed by atoms with Crippen molar-refractivity contribution < 1.29 is 14.3 Å². The molecule has 0 saturated heterocycles. The van der Waals surface area contributed by atoms with Gasteiger partial charge in [0, 0.05) is 24.2 Å². The Hall–Kier alpha value is -3.47. The smallest absolute Gasteiger partial charge is 0.339 e. The van der Waals surface area contributed by atoms with Crippen LogP contribution in [-0.4, -0.2) is 22.5 Å². The van der Waals surface area contributed by atoms with E-state index in [4.69, 9.17) is 9.47 Å². The van der Waals surface area contributed by atoms with Gasteiger partial charge in [-0.15, -0.1) is 0 Å². The fraction of sp³-hybridized carbons (Fsp3) is 0.0952. The monoisotopic (exact) mass is 344 g/mol. The van der Waals surface area contributed by atoms with E-state index in [-0.39, 0.29) is 12.6 Å². The second-order valence-corrected chi connectivity index (χ2v) is 5.80. The highest BCUT2D eigenvalue weighted by Crippen LogP contribution is 2.33. The second kappa shape index (κ2) is 7.19. The van der Waals surface area contributed by atoms with Gasteiger partial charge in [0.15, 0.2) is 0 Å². The molecule has 0 saturated carbocycles. The van der Waals surface area contributed by atoms with Crippen molar-refractivity contribution in [3.63, 3.8) is 0 Å². The van der Waals surface area contributed by atoms with Crippen LogP contribution in [-0.2, 0) is 16.1 Å². The first kappa shape index (κ1) is 16.0. The van der Waals surface area contributed by atoms with Crippen LogP contribution in [0.1, 0.15) is 16.8 Å². The zero-order valence-electron chi connectivity index (χ0n) is 14.0. The lowest BCUT2D eigenvalue weighted by Gasteiger charge is -2.08. The number of esters is 1. The van der Waals surface area contributed by atoms with E-state index in [1.165, 1.54) is 0 Å². The fourth-order valence-electron chi connectivity index (χ4n) is 2.84. The predicted octanol–water partition coefficient (Wildman–Crippen LogP) is 3.52. The maximum absolute atomic E-state index is 12.2. The van der Waals surface area contributed by atoms with Gasteiger partial charge in [0.2, 0.25) is 0 Å². The Labute approximate surface area is 151 Å². The highest BCUT2D eigenvalue weighted by atomic mass is 16.5. The molecule has 1 aliphatic heterocycles. The van der Waals surface area contributed by atoms with Crippen molar-refractivity contribution in [2.24, 2.45) is 0 Å². The summed E-state index contributed by atoms with van der Waals surface area (Å²) in [5.74, 6) is 0.442. The lowest BCUT2D eigenvalue weighted by atomic mass is 9.97. The summed E-state index contributed by atoms with van der Waals surface area (Å²) < 4.78 is 11.0. The molecule has 0 amide bonds. The zero-order chi connectivity index (χ0) is 17.8. The molecular weight excluding hydrogens is 328 g/mol. The summed E-state index contributed by atoms with van der Waals surface area (Å²) in [5.41, 5.74) is 4.09. The van der Waals surface area contributed by atoms with Crippen molar-refractivity contribution in [1.82, 2.24) is 9.97 Å². The number of aromatic nitrogens is 2. The number of benzene rings is 1. The van der Waals surface area contributed by atoms with Crippen molar-refractivity contribution in [1.29, 1.82) is 0 Å². The van der Waals surface area contributed by atoms with Crippen LogP contribution in [0.2, 0.25) is 0 Å². The highest BCUT2D eigenvalue weighted by Gasteiger charge is 2.27. The van der Waals surface area contributed by atoms with Crippen LogP contribution in [0.15, 0.2) is 73.2 Å². The van der Waals surface area contributed by atoms with Gasteiger partial charge < -0.3 is 9.47 Å². The first-order valence-electron chi connectivity index (χ1n) is 8.25. The lowest BCUT2D eigenvalue weighted by molar-refractivity contribution is -0.133. The standard InChI is InChI=1S/C21H16N2O3/c24-21-20(16-8-11-22-12-9-16)19(14-26-21)15-4-6-18(7-5-15)25-13-17-3-1-2-10-23-17/h1-12H,13-14H2. The summed E-state index contributed by atoms with van der Waals surface area (Å²) in [6.45, 7) is 0.678. The Kier molecular flexibility index (Phi) is 4.43. The average molecular weight is 344 g/mol. The molecule has 0 bridgehead atoms. The fourth-order valence-corrected chi connectivity index (χ4v) is 2.84. The van der Waals surface area contributed by atoms with Crippen molar-refractivity contribution in [3.05, 3.63) is 90.0 Å². The van der Waals surface area contributed by atoms with Gasteiger partial charge in [-0.3, -0.25) is 9.97 Å². The molecule has 0 atom stereocenters. The molecule has 1 aromatic carbocycles. The maximum atomic E-state index is 12.2. The number of nitrogens with zero attached hydrogens (tertiary/aromatic N) is 2. The van der Waals surface area contributed by atoms with E-state index in [2.05, 4.69) is 9.97 Å². The number of pyridine rings is 2. The number of ether oxygens (including phenoxy) is 2. The number of carbonyl (C=O) groups excluding carboxylic acids is 1. The van der Waals surface area contributed by atoms with Crippen LogP contribution in [0.3, 0.4) is 0 Å². The zero-order valence-corrected chi connectivity index (χ0v) is 14.0. The van der Waals surface area contributed by atoms with E-state index in [0.717, 1.165) is 28.1 Å². The van der Waals surface area contributed by atoms with E-state index < -0.39 is 0 Å². The molecule has 0 fully saturated rings. The van der Waals surface area contributed by atoms with Crippen molar-refractivity contribution in [2.45, 2.75) is 6.61 Å². The molecule has 0 spiro atoms. The Morgan fingerprint density at radius 3 is 2.46 bits per heavy atom. The summed E-state index contributed by atoms with van der Waals surface area (Å²) in [6, 6.07) is 17.0. The first-order chi connectivity index (χ1) is 12.8. The van der Waals surface area contributed by atoms with Crippen LogP contribution < -0.4 is 4.74 Å². The summed E-state index contributed by atoms with van der Waals surface area (Å²) in [5, 5.41) is 0. The van der Waals surface area contributed by atoms with E-state index in [1.54, 1.807) is 18.6 Å². The highest BCUT2D eigenvalue weighted by molar-refractivity contribution is 6.27. The second-order valence-electron chi connectivity index (χ2n) is 5.80. The molecule has 0 radical (unpaired) electrons. The third-order valence-corrected chi connectivity index (χ3v) is 4.14. The number of hydrogen-bond acceptors (Lipinski definition) is 5. The van der Waals surface area contributed by atoms with Gasteiger partial charge in [0.1, 0.15) is 19.0 Å². The largest absolute Gasteiger partial charge is 0.487 e. The first-order valence-corrected chi connectivity index (χ1v) is 8.25. The maximum Gasteiger partial charge on any atom is 0.339 e. The van der Waals surface area contributed by atoms with Gasteiger partial charge >= 0.3 is 5.97 Å². The van der Waals surface area contributed by atoms with Crippen molar-refractivity contribution in [2.75, 3.05) is 6.61 Å². The summed E-state index contributed by atoms with van der Waals surface area (Å²) in [7, 11) is 0. The van der Waals surface area contributed by atoms with Crippen molar-refractivity contribution in [3.8, 4) is 5.75 Å². The van der Waals surface area contributed by atoms with Crippen LogP contribution in [0.4, 0.5) is 0 Å². The van der Waals surface area contributed by atoms with E-state index in [0.29, 0.717) is 12.2 Å². The average Bonchev–Trinajstić information content (AvgIpc) is 3.10. The number of cyclic esters (lactones) is 1. The third kappa shape index (κ3) is 3.32. The van der Waals surface area contributed by atoms with Gasteiger partial charge in [0.05, 0.1) is 11.3 Å². The molecule has 5 heteroatoms.